The molecule has 228 valence electrons. The molecule has 0 aromatic rings. The normalized spacial score (nSPS) is 16.9. The van der Waals surface area contributed by atoms with Gasteiger partial charge in [-0.3, -0.25) is 28.8 Å². The van der Waals surface area contributed by atoms with Crippen LogP contribution < -0.4 is 10.6 Å². The van der Waals surface area contributed by atoms with Crippen molar-refractivity contribution in [2.45, 2.75) is 89.1 Å². The maximum absolute atomic E-state index is 12.5. The first-order chi connectivity index (χ1) is 18.9. The minimum atomic E-state index is -0.967. The fourth-order valence-electron chi connectivity index (χ4n) is 4.66. The molecule has 14 heteroatoms. The lowest BCUT2D eigenvalue weighted by Crippen LogP contribution is -2.46. The first-order valence-corrected chi connectivity index (χ1v) is 13.8. The predicted molar refractivity (Wildman–Crippen MR) is 143 cm³/mol. The van der Waals surface area contributed by atoms with Crippen molar-refractivity contribution in [3.8, 4) is 0 Å². The molecule has 1 saturated carbocycles. The molecule has 0 aromatic carbocycles. The van der Waals surface area contributed by atoms with Crippen LogP contribution in [0.3, 0.4) is 0 Å². The van der Waals surface area contributed by atoms with Crippen LogP contribution in [0.1, 0.15) is 77.0 Å². The molecule has 0 bridgehead atoms. The molecule has 1 rings (SSSR count). The van der Waals surface area contributed by atoms with Gasteiger partial charge in [0.15, 0.2) is 0 Å². The third kappa shape index (κ3) is 18.1. The third-order valence-electron chi connectivity index (χ3n) is 6.73. The van der Waals surface area contributed by atoms with E-state index in [9.17, 15) is 28.8 Å². The van der Waals surface area contributed by atoms with Gasteiger partial charge >= 0.3 is 23.9 Å². The van der Waals surface area contributed by atoms with Crippen LogP contribution in [-0.2, 0) is 28.8 Å². The molecule has 0 unspecified atom stereocenters. The second kappa shape index (κ2) is 19.7. The summed E-state index contributed by atoms with van der Waals surface area (Å²) in [5.41, 5.74) is 0. The Morgan fingerprint density at radius 3 is 1.15 bits per heavy atom. The molecule has 0 radical (unpaired) electrons. The molecular weight excluding hydrogens is 528 g/mol. The molecule has 0 aromatic heterocycles. The van der Waals surface area contributed by atoms with Gasteiger partial charge in [0.2, 0.25) is 11.8 Å². The number of hydrogen-bond donors (Lipinski definition) is 6. The van der Waals surface area contributed by atoms with Crippen molar-refractivity contribution < 1.29 is 49.2 Å². The van der Waals surface area contributed by atoms with Crippen LogP contribution in [0, 0.1) is 0 Å². The zero-order valence-electron chi connectivity index (χ0n) is 23.0. The SMILES string of the molecule is O=C(O)CCN(CCCC(=O)N[C@@H]1CCC[C@H](NC(=O)CCCN(CCC(=O)O)CCC(=O)O)C1)CCC(=O)O. The van der Waals surface area contributed by atoms with Crippen molar-refractivity contribution in [2.75, 3.05) is 39.3 Å². The van der Waals surface area contributed by atoms with Crippen molar-refractivity contribution in [3.63, 3.8) is 0 Å². The molecule has 1 fully saturated rings. The first kappa shape index (κ1) is 34.8. The second-order valence-corrected chi connectivity index (χ2v) is 10.2. The number of nitrogens with one attached hydrogen (secondary N) is 2. The summed E-state index contributed by atoms with van der Waals surface area (Å²) >= 11 is 0. The van der Waals surface area contributed by atoms with Gasteiger partial charge in [0.1, 0.15) is 0 Å². The van der Waals surface area contributed by atoms with Gasteiger partial charge in [-0.1, -0.05) is 0 Å². The minimum absolute atomic E-state index is 0.0794. The van der Waals surface area contributed by atoms with Crippen LogP contribution in [-0.4, -0.2) is 117 Å². The van der Waals surface area contributed by atoms with E-state index in [1.54, 1.807) is 9.80 Å². The molecular formula is C26H44N4O10. The van der Waals surface area contributed by atoms with Gasteiger partial charge in [-0.05, 0) is 51.6 Å². The topological polar surface area (TPSA) is 214 Å². The molecule has 0 aliphatic heterocycles. The number of amides is 2. The summed E-state index contributed by atoms with van der Waals surface area (Å²) in [6.07, 6.45) is 4.01. The number of rotatable bonds is 22. The lowest BCUT2D eigenvalue weighted by molar-refractivity contribution is -0.139. The lowest BCUT2D eigenvalue weighted by atomic mass is 9.90. The summed E-state index contributed by atoms with van der Waals surface area (Å²) in [6, 6.07) is -0.159. The quantitative estimate of drug-likeness (QED) is 0.105. The monoisotopic (exact) mass is 572 g/mol. The summed E-state index contributed by atoms with van der Waals surface area (Å²) in [5, 5.41) is 41.5. The van der Waals surface area contributed by atoms with Crippen molar-refractivity contribution in [1.82, 2.24) is 20.4 Å². The molecule has 2 amide bonds. The molecule has 2 atom stereocenters. The fraction of sp³-hybridized carbons (Fsp3) is 0.769. The smallest absolute Gasteiger partial charge is 0.304 e. The lowest BCUT2D eigenvalue weighted by Gasteiger charge is -2.30. The van der Waals surface area contributed by atoms with Crippen LogP contribution in [0.4, 0.5) is 0 Å². The van der Waals surface area contributed by atoms with E-state index in [1.807, 2.05) is 0 Å². The maximum Gasteiger partial charge on any atom is 0.304 e. The highest BCUT2D eigenvalue weighted by atomic mass is 16.4. The van der Waals surface area contributed by atoms with Crippen LogP contribution in [0.2, 0.25) is 0 Å². The van der Waals surface area contributed by atoms with Gasteiger partial charge in [-0.15, -0.1) is 0 Å². The Labute approximate surface area is 234 Å². The summed E-state index contributed by atoms with van der Waals surface area (Å²) in [7, 11) is 0. The maximum atomic E-state index is 12.5. The van der Waals surface area contributed by atoms with Crippen LogP contribution in [0.15, 0.2) is 0 Å². The second-order valence-electron chi connectivity index (χ2n) is 10.2. The Hall–Kier alpha value is -3.26. The molecule has 1 aliphatic rings. The predicted octanol–water partition coefficient (Wildman–Crippen LogP) is 0.593. The van der Waals surface area contributed by atoms with Crippen molar-refractivity contribution in [2.24, 2.45) is 0 Å². The van der Waals surface area contributed by atoms with E-state index in [0.717, 1.165) is 19.3 Å². The molecule has 0 heterocycles. The number of carboxylic acids is 4. The van der Waals surface area contributed by atoms with Gasteiger partial charge in [0.25, 0.3) is 0 Å². The number of nitrogens with zero attached hydrogens (tertiary/aromatic N) is 2. The molecule has 0 saturated heterocycles. The third-order valence-corrected chi connectivity index (χ3v) is 6.73. The number of carboxylic acid groups (broad SMARTS) is 4. The summed E-state index contributed by atoms with van der Waals surface area (Å²) in [5.74, 6) is -4.15. The highest BCUT2D eigenvalue weighted by molar-refractivity contribution is 5.77. The standard InChI is InChI=1S/C26H44N4O10/c31-21(6-2-12-29(14-8-23(33)34)15-9-24(35)36)27-19-4-1-5-20(18-19)28-22(32)7-3-13-30(16-10-25(37)38)17-11-26(39)40/h19-20H,1-18H2,(H,27,31)(H,28,32)(H,33,34)(H,35,36)(H,37,38)(H,39,40)/t19-,20+. The average molecular weight is 573 g/mol. The zero-order chi connectivity index (χ0) is 29.9. The van der Waals surface area contributed by atoms with E-state index < -0.39 is 23.9 Å². The number of aliphatic carboxylic acids is 4. The van der Waals surface area contributed by atoms with E-state index in [2.05, 4.69) is 10.6 Å². The molecule has 6 N–H and O–H groups in total. The van der Waals surface area contributed by atoms with Gasteiger partial charge in [0.05, 0.1) is 25.7 Å². The van der Waals surface area contributed by atoms with Gasteiger partial charge in [0, 0.05) is 51.1 Å². The van der Waals surface area contributed by atoms with Gasteiger partial charge in [-0.2, -0.15) is 0 Å². The Balaban J connectivity index is 2.37. The van der Waals surface area contributed by atoms with Crippen molar-refractivity contribution in [3.05, 3.63) is 0 Å². The highest BCUT2D eigenvalue weighted by Gasteiger charge is 2.24. The zero-order valence-corrected chi connectivity index (χ0v) is 23.0. The van der Waals surface area contributed by atoms with Crippen molar-refractivity contribution >= 4 is 35.7 Å². The fourth-order valence-corrected chi connectivity index (χ4v) is 4.66. The molecule has 1 aliphatic carbocycles. The van der Waals surface area contributed by atoms with Crippen LogP contribution in [0.5, 0.6) is 0 Å². The van der Waals surface area contributed by atoms with E-state index in [1.165, 1.54) is 0 Å². The van der Waals surface area contributed by atoms with Crippen LogP contribution in [0.25, 0.3) is 0 Å². The van der Waals surface area contributed by atoms with Gasteiger partial charge in [-0.25, -0.2) is 0 Å². The van der Waals surface area contributed by atoms with E-state index in [0.29, 0.717) is 32.4 Å². The number of carbonyl (C=O) groups excluding carboxylic acids is 2. The Morgan fingerprint density at radius 2 is 0.850 bits per heavy atom. The number of carbonyl (C=O) groups is 6. The van der Waals surface area contributed by atoms with E-state index >= 15 is 0 Å². The molecule has 40 heavy (non-hydrogen) atoms. The summed E-state index contributed by atoms with van der Waals surface area (Å²) in [4.78, 5) is 71.7. The van der Waals surface area contributed by atoms with Crippen molar-refractivity contribution in [1.29, 1.82) is 0 Å². The molecule has 14 nitrogen and oxygen atoms in total. The van der Waals surface area contributed by atoms with Gasteiger partial charge < -0.3 is 40.9 Å². The summed E-state index contributed by atoms with van der Waals surface area (Å²) in [6.45, 7) is 1.71. The minimum Gasteiger partial charge on any atom is -0.481 e. The molecule has 0 spiro atoms. The van der Waals surface area contributed by atoms with E-state index in [-0.39, 0.29) is 88.6 Å². The number of hydrogen-bond acceptors (Lipinski definition) is 8. The summed E-state index contributed by atoms with van der Waals surface area (Å²) < 4.78 is 0. The highest BCUT2D eigenvalue weighted by Crippen LogP contribution is 2.19. The Bertz CT molecular complexity index is 751. The van der Waals surface area contributed by atoms with E-state index in [4.69, 9.17) is 20.4 Å². The average Bonchev–Trinajstić information content (AvgIpc) is 2.86. The Kier molecular flexibility index (Phi) is 17.2. The largest absolute Gasteiger partial charge is 0.481 e. The Morgan fingerprint density at radius 1 is 0.525 bits per heavy atom. The van der Waals surface area contributed by atoms with Crippen LogP contribution >= 0.6 is 0 Å². The first-order valence-electron chi connectivity index (χ1n) is 13.8.